The van der Waals surface area contributed by atoms with Crippen LogP contribution in [0.15, 0.2) is 36.4 Å². The minimum atomic E-state index is -0.473. The van der Waals surface area contributed by atoms with Gasteiger partial charge in [0.1, 0.15) is 0 Å². The molecule has 0 radical (unpaired) electrons. The molecule has 0 aromatic heterocycles. The molecule has 0 bridgehead atoms. The largest absolute Gasteiger partial charge is 0.493 e. The fourth-order valence-corrected chi connectivity index (χ4v) is 2.27. The van der Waals surface area contributed by atoms with E-state index in [2.05, 4.69) is 5.32 Å². The van der Waals surface area contributed by atoms with Crippen LogP contribution in [-0.4, -0.2) is 25.1 Å². The number of hydrogen-bond donors (Lipinski definition) is 1. The van der Waals surface area contributed by atoms with Gasteiger partial charge < -0.3 is 14.8 Å². The number of nitro groups is 1. The lowest BCUT2D eigenvalue weighted by molar-refractivity contribution is -0.385. The van der Waals surface area contributed by atoms with Gasteiger partial charge in [-0.05, 0) is 30.7 Å². The van der Waals surface area contributed by atoms with Crippen LogP contribution in [0.1, 0.15) is 11.1 Å². The summed E-state index contributed by atoms with van der Waals surface area (Å²) in [6.07, 6.45) is 0.113. The van der Waals surface area contributed by atoms with Crippen molar-refractivity contribution in [2.24, 2.45) is 0 Å². The highest BCUT2D eigenvalue weighted by atomic mass is 16.6. The Morgan fingerprint density at radius 2 is 1.83 bits per heavy atom. The summed E-state index contributed by atoms with van der Waals surface area (Å²) in [5.41, 5.74) is 1.64. The fourth-order valence-electron chi connectivity index (χ4n) is 2.27. The van der Waals surface area contributed by atoms with E-state index in [0.29, 0.717) is 22.7 Å². The average Bonchev–Trinajstić information content (AvgIpc) is 2.56. The second-order valence-electron chi connectivity index (χ2n) is 5.17. The van der Waals surface area contributed by atoms with Gasteiger partial charge in [-0.2, -0.15) is 0 Å². The second kappa shape index (κ2) is 7.45. The maximum Gasteiger partial charge on any atom is 0.274 e. The quantitative estimate of drug-likeness (QED) is 0.649. The van der Waals surface area contributed by atoms with Gasteiger partial charge >= 0.3 is 0 Å². The molecule has 0 saturated carbocycles. The SMILES string of the molecule is COc1ccc(CC(=O)Nc2ccc(C)c([N+](=O)[O-])c2)cc1OC. The van der Waals surface area contributed by atoms with Gasteiger partial charge in [0.25, 0.3) is 5.69 Å². The Kier molecular flexibility index (Phi) is 5.36. The van der Waals surface area contributed by atoms with Crippen LogP contribution < -0.4 is 14.8 Å². The number of anilines is 1. The summed E-state index contributed by atoms with van der Waals surface area (Å²) in [5.74, 6) is 0.838. The first kappa shape index (κ1) is 17.3. The van der Waals surface area contributed by atoms with E-state index in [0.717, 1.165) is 5.56 Å². The summed E-state index contributed by atoms with van der Waals surface area (Å²) in [6.45, 7) is 1.65. The molecule has 0 aliphatic carbocycles. The van der Waals surface area contributed by atoms with E-state index in [1.54, 1.807) is 37.3 Å². The van der Waals surface area contributed by atoms with Crippen molar-refractivity contribution < 1.29 is 19.2 Å². The molecule has 24 heavy (non-hydrogen) atoms. The van der Waals surface area contributed by atoms with Gasteiger partial charge in [-0.15, -0.1) is 0 Å². The molecule has 2 aromatic carbocycles. The number of carbonyl (C=O) groups is 1. The number of carbonyl (C=O) groups excluding carboxylic acids is 1. The van der Waals surface area contributed by atoms with Crippen molar-refractivity contribution in [3.63, 3.8) is 0 Å². The number of ether oxygens (including phenoxy) is 2. The highest BCUT2D eigenvalue weighted by Crippen LogP contribution is 2.28. The predicted molar refractivity (Wildman–Crippen MR) is 89.7 cm³/mol. The van der Waals surface area contributed by atoms with Crippen LogP contribution >= 0.6 is 0 Å². The van der Waals surface area contributed by atoms with Crippen LogP contribution in [0.4, 0.5) is 11.4 Å². The molecule has 0 atom stereocenters. The number of nitrogens with zero attached hydrogens (tertiary/aromatic N) is 1. The van der Waals surface area contributed by atoms with E-state index in [9.17, 15) is 14.9 Å². The zero-order valence-electron chi connectivity index (χ0n) is 13.7. The third-order valence-corrected chi connectivity index (χ3v) is 3.50. The molecule has 7 heteroatoms. The van der Waals surface area contributed by atoms with Crippen LogP contribution in [0.25, 0.3) is 0 Å². The van der Waals surface area contributed by atoms with E-state index in [-0.39, 0.29) is 18.0 Å². The topological polar surface area (TPSA) is 90.7 Å². The van der Waals surface area contributed by atoms with Crippen LogP contribution in [0.3, 0.4) is 0 Å². The molecule has 0 unspecified atom stereocenters. The number of aryl methyl sites for hydroxylation is 1. The summed E-state index contributed by atoms with van der Waals surface area (Å²) in [5, 5.41) is 13.6. The van der Waals surface area contributed by atoms with Gasteiger partial charge in [-0.1, -0.05) is 12.1 Å². The first-order chi connectivity index (χ1) is 11.4. The molecule has 0 saturated heterocycles. The number of amides is 1. The Morgan fingerprint density at radius 1 is 1.12 bits per heavy atom. The number of methoxy groups -OCH3 is 2. The number of nitro benzene ring substituents is 1. The van der Waals surface area contributed by atoms with Crippen molar-refractivity contribution in [2.75, 3.05) is 19.5 Å². The Bertz CT molecular complexity index is 774. The van der Waals surface area contributed by atoms with Gasteiger partial charge in [-0.25, -0.2) is 0 Å². The van der Waals surface area contributed by atoms with Crippen LogP contribution in [0, 0.1) is 17.0 Å². The van der Waals surface area contributed by atoms with Gasteiger partial charge in [0.05, 0.1) is 25.6 Å². The lowest BCUT2D eigenvalue weighted by atomic mass is 10.1. The molecule has 0 heterocycles. The summed E-state index contributed by atoms with van der Waals surface area (Å²) >= 11 is 0. The smallest absolute Gasteiger partial charge is 0.274 e. The molecule has 2 rings (SSSR count). The molecule has 0 aliphatic rings. The van der Waals surface area contributed by atoms with E-state index >= 15 is 0 Å². The molecule has 7 nitrogen and oxygen atoms in total. The second-order valence-corrected chi connectivity index (χ2v) is 5.17. The maximum atomic E-state index is 12.1. The predicted octanol–water partition coefficient (Wildman–Crippen LogP) is 3.10. The van der Waals surface area contributed by atoms with Crippen molar-refractivity contribution in [2.45, 2.75) is 13.3 Å². The Balaban J connectivity index is 2.11. The Hall–Kier alpha value is -3.09. The third-order valence-electron chi connectivity index (χ3n) is 3.50. The molecule has 0 spiro atoms. The fraction of sp³-hybridized carbons (Fsp3) is 0.235. The Morgan fingerprint density at radius 3 is 2.46 bits per heavy atom. The number of nitrogens with one attached hydrogen (secondary N) is 1. The van der Waals surface area contributed by atoms with E-state index < -0.39 is 4.92 Å². The first-order valence-corrected chi connectivity index (χ1v) is 7.20. The van der Waals surface area contributed by atoms with Gasteiger partial charge in [0, 0.05) is 17.3 Å². The molecule has 2 aromatic rings. The minimum Gasteiger partial charge on any atom is -0.493 e. The molecular formula is C17H18N2O5. The lowest BCUT2D eigenvalue weighted by Crippen LogP contribution is -2.14. The standard InChI is InChI=1S/C17H18N2O5/c1-11-4-6-13(10-14(11)19(21)22)18-17(20)9-12-5-7-15(23-2)16(8-12)24-3/h4-8,10H,9H2,1-3H3,(H,18,20). The van der Waals surface area contributed by atoms with Crippen LogP contribution in [0.5, 0.6) is 11.5 Å². The number of benzene rings is 2. The van der Waals surface area contributed by atoms with Crippen molar-refractivity contribution in [3.05, 3.63) is 57.6 Å². The Labute approximate surface area is 139 Å². The van der Waals surface area contributed by atoms with Gasteiger partial charge in [-0.3, -0.25) is 14.9 Å². The van der Waals surface area contributed by atoms with Gasteiger partial charge in [0.15, 0.2) is 11.5 Å². The summed E-state index contributed by atoms with van der Waals surface area (Å²) in [7, 11) is 3.06. The minimum absolute atomic E-state index is 0.0288. The van der Waals surface area contributed by atoms with Crippen molar-refractivity contribution in [1.82, 2.24) is 0 Å². The molecular weight excluding hydrogens is 312 g/mol. The van der Waals surface area contributed by atoms with E-state index in [1.165, 1.54) is 20.3 Å². The molecule has 0 aliphatic heterocycles. The monoisotopic (exact) mass is 330 g/mol. The number of hydrogen-bond acceptors (Lipinski definition) is 5. The van der Waals surface area contributed by atoms with Crippen LogP contribution in [0.2, 0.25) is 0 Å². The van der Waals surface area contributed by atoms with Crippen molar-refractivity contribution >= 4 is 17.3 Å². The van der Waals surface area contributed by atoms with Crippen LogP contribution in [-0.2, 0) is 11.2 Å². The highest BCUT2D eigenvalue weighted by molar-refractivity contribution is 5.92. The first-order valence-electron chi connectivity index (χ1n) is 7.20. The maximum absolute atomic E-state index is 12.1. The van der Waals surface area contributed by atoms with E-state index in [4.69, 9.17) is 9.47 Å². The normalized spacial score (nSPS) is 10.1. The molecule has 126 valence electrons. The highest BCUT2D eigenvalue weighted by Gasteiger charge is 2.13. The number of rotatable bonds is 6. The molecule has 1 amide bonds. The zero-order chi connectivity index (χ0) is 17.7. The summed E-state index contributed by atoms with van der Waals surface area (Å²) in [6, 6.07) is 9.79. The van der Waals surface area contributed by atoms with Crippen molar-refractivity contribution in [1.29, 1.82) is 0 Å². The third kappa shape index (κ3) is 4.01. The summed E-state index contributed by atoms with van der Waals surface area (Å²) in [4.78, 5) is 22.6. The van der Waals surface area contributed by atoms with Crippen molar-refractivity contribution in [3.8, 4) is 11.5 Å². The average molecular weight is 330 g/mol. The van der Waals surface area contributed by atoms with Gasteiger partial charge in [0.2, 0.25) is 5.91 Å². The lowest BCUT2D eigenvalue weighted by Gasteiger charge is -2.10. The zero-order valence-corrected chi connectivity index (χ0v) is 13.7. The molecule has 1 N–H and O–H groups in total. The molecule has 0 fully saturated rings. The van der Waals surface area contributed by atoms with E-state index in [1.807, 2.05) is 0 Å². The summed E-state index contributed by atoms with van der Waals surface area (Å²) < 4.78 is 10.3.